The number of nitrogens with one attached hydrogen (secondary N) is 1. The molecule has 0 fully saturated rings. The number of halogens is 1. The van der Waals surface area contributed by atoms with Gasteiger partial charge in [-0.15, -0.1) is 0 Å². The number of hydrogen-bond acceptors (Lipinski definition) is 1. The second-order valence-electron chi connectivity index (χ2n) is 3.63. The summed E-state index contributed by atoms with van der Waals surface area (Å²) in [6.07, 6.45) is 0. The molecule has 0 amide bonds. The van der Waals surface area contributed by atoms with Gasteiger partial charge in [-0.05, 0) is 37.1 Å². The zero-order chi connectivity index (χ0) is 10.6. The van der Waals surface area contributed by atoms with Crippen molar-refractivity contribution in [3.05, 3.63) is 47.3 Å². The molecule has 0 aromatic heterocycles. The molecular weight excluding hydrogens is 177 g/mol. The first kappa shape index (κ1) is 10.9. The molecular formula is C12H16FN. The molecule has 1 nitrogen and oxygen atoms in total. The third kappa shape index (κ3) is 3.30. The molecule has 2 heteroatoms. The standard InChI is InChI=1S/C12H16FN/c1-9(2)7-14-8-11-6-12(13)5-4-10(11)3/h4-6,14H,1,7-8H2,2-3H3. The zero-order valence-corrected chi connectivity index (χ0v) is 8.73. The summed E-state index contributed by atoms with van der Waals surface area (Å²) in [5.74, 6) is -0.178. The Hall–Kier alpha value is -1.15. The number of hydrogen-bond donors (Lipinski definition) is 1. The van der Waals surface area contributed by atoms with Gasteiger partial charge in [-0.3, -0.25) is 0 Å². The van der Waals surface area contributed by atoms with Crippen molar-refractivity contribution in [3.8, 4) is 0 Å². The Kier molecular flexibility index (Phi) is 3.84. The molecule has 1 rings (SSSR count). The first-order chi connectivity index (χ1) is 6.59. The van der Waals surface area contributed by atoms with Crippen LogP contribution in [0.5, 0.6) is 0 Å². The predicted octanol–water partition coefficient (Wildman–Crippen LogP) is 2.80. The van der Waals surface area contributed by atoms with Crippen molar-refractivity contribution >= 4 is 0 Å². The fourth-order valence-electron chi connectivity index (χ4n) is 1.24. The van der Waals surface area contributed by atoms with Gasteiger partial charge in [0.1, 0.15) is 5.82 Å². The Morgan fingerprint density at radius 3 is 2.86 bits per heavy atom. The van der Waals surface area contributed by atoms with Gasteiger partial charge in [0.2, 0.25) is 0 Å². The van der Waals surface area contributed by atoms with Crippen LogP contribution in [0, 0.1) is 12.7 Å². The van der Waals surface area contributed by atoms with Crippen molar-refractivity contribution in [2.45, 2.75) is 20.4 Å². The topological polar surface area (TPSA) is 12.0 Å². The van der Waals surface area contributed by atoms with Crippen LogP contribution in [0.15, 0.2) is 30.4 Å². The highest BCUT2D eigenvalue weighted by atomic mass is 19.1. The third-order valence-corrected chi connectivity index (χ3v) is 2.05. The van der Waals surface area contributed by atoms with Gasteiger partial charge in [0.15, 0.2) is 0 Å². The molecule has 0 aliphatic carbocycles. The predicted molar refractivity (Wildman–Crippen MR) is 57.7 cm³/mol. The highest BCUT2D eigenvalue weighted by Crippen LogP contribution is 2.09. The lowest BCUT2D eigenvalue weighted by molar-refractivity contribution is 0.621. The minimum absolute atomic E-state index is 0.178. The molecule has 0 spiro atoms. The van der Waals surface area contributed by atoms with Crippen LogP contribution in [-0.4, -0.2) is 6.54 Å². The van der Waals surface area contributed by atoms with E-state index in [0.29, 0.717) is 6.54 Å². The van der Waals surface area contributed by atoms with Crippen molar-refractivity contribution in [3.63, 3.8) is 0 Å². The van der Waals surface area contributed by atoms with Gasteiger partial charge < -0.3 is 5.32 Å². The van der Waals surface area contributed by atoms with Crippen molar-refractivity contribution < 1.29 is 4.39 Å². The van der Waals surface area contributed by atoms with Gasteiger partial charge in [-0.25, -0.2) is 4.39 Å². The molecule has 1 aromatic carbocycles. The largest absolute Gasteiger partial charge is 0.309 e. The average Bonchev–Trinajstić information content (AvgIpc) is 2.10. The van der Waals surface area contributed by atoms with Gasteiger partial charge in [0.05, 0.1) is 0 Å². The molecule has 14 heavy (non-hydrogen) atoms. The highest BCUT2D eigenvalue weighted by molar-refractivity contribution is 5.26. The van der Waals surface area contributed by atoms with Gasteiger partial charge in [0.25, 0.3) is 0 Å². The van der Waals surface area contributed by atoms with Crippen molar-refractivity contribution in [2.75, 3.05) is 6.54 Å². The summed E-state index contributed by atoms with van der Waals surface area (Å²) in [4.78, 5) is 0. The van der Waals surface area contributed by atoms with Crippen molar-refractivity contribution in [1.29, 1.82) is 0 Å². The molecule has 0 heterocycles. The summed E-state index contributed by atoms with van der Waals surface area (Å²) in [7, 11) is 0. The summed E-state index contributed by atoms with van der Waals surface area (Å²) in [6.45, 7) is 9.20. The van der Waals surface area contributed by atoms with Crippen LogP contribution in [0.2, 0.25) is 0 Å². The summed E-state index contributed by atoms with van der Waals surface area (Å²) in [5.41, 5.74) is 3.20. The molecule has 0 atom stereocenters. The maximum atomic E-state index is 12.9. The summed E-state index contributed by atoms with van der Waals surface area (Å²) in [6, 6.07) is 4.85. The molecule has 76 valence electrons. The Labute approximate surface area is 84.6 Å². The van der Waals surface area contributed by atoms with Gasteiger partial charge >= 0.3 is 0 Å². The summed E-state index contributed by atoms with van der Waals surface area (Å²) < 4.78 is 12.9. The third-order valence-electron chi connectivity index (χ3n) is 2.05. The molecule has 0 unspecified atom stereocenters. The molecule has 0 radical (unpaired) electrons. The number of rotatable bonds is 4. The van der Waals surface area contributed by atoms with Crippen LogP contribution in [0.3, 0.4) is 0 Å². The van der Waals surface area contributed by atoms with E-state index in [1.54, 1.807) is 12.1 Å². The van der Waals surface area contributed by atoms with E-state index < -0.39 is 0 Å². The van der Waals surface area contributed by atoms with Crippen LogP contribution in [0.25, 0.3) is 0 Å². The number of benzene rings is 1. The van der Waals surface area contributed by atoms with Crippen LogP contribution >= 0.6 is 0 Å². The van der Waals surface area contributed by atoms with Crippen molar-refractivity contribution in [1.82, 2.24) is 5.32 Å². The lowest BCUT2D eigenvalue weighted by Crippen LogP contribution is -2.15. The second-order valence-corrected chi connectivity index (χ2v) is 3.63. The fraction of sp³-hybridized carbons (Fsp3) is 0.333. The monoisotopic (exact) mass is 193 g/mol. The smallest absolute Gasteiger partial charge is 0.123 e. The van der Waals surface area contributed by atoms with E-state index in [0.717, 1.165) is 23.2 Å². The molecule has 1 N–H and O–H groups in total. The molecule has 1 aromatic rings. The lowest BCUT2D eigenvalue weighted by atomic mass is 10.1. The van der Waals surface area contributed by atoms with E-state index in [4.69, 9.17) is 0 Å². The van der Waals surface area contributed by atoms with E-state index in [2.05, 4.69) is 11.9 Å². The Bertz CT molecular complexity index is 331. The lowest BCUT2D eigenvalue weighted by Gasteiger charge is -2.07. The quantitative estimate of drug-likeness (QED) is 0.725. The number of aryl methyl sites for hydroxylation is 1. The Morgan fingerprint density at radius 2 is 2.21 bits per heavy atom. The maximum absolute atomic E-state index is 12.9. The van der Waals surface area contributed by atoms with E-state index in [-0.39, 0.29) is 5.82 Å². The molecule has 0 bridgehead atoms. The minimum atomic E-state index is -0.178. The van der Waals surface area contributed by atoms with Gasteiger partial charge in [-0.2, -0.15) is 0 Å². The molecule has 0 saturated carbocycles. The Balaban J connectivity index is 2.57. The van der Waals surface area contributed by atoms with Crippen LogP contribution < -0.4 is 5.32 Å². The van der Waals surface area contributed by atoms with Crippen LogP contribution in [0.1, 0.15) is 18.1 Å². The second kappa shape index (κ2) is 4.91. The fourth-order valence-corrected chi connectivity index (χ4v) is 1.24. The normalized spacial score (nSPS) is 10.2. The summed E-state index contributed by atoms with van der Waals surface area (Å²) >= 11 is 0. The van der Waals surface area contributed by atoms with E-state index in [1.807, 2.05) is 13.8 Å². The van der Waals surface area contributed by atoms with Crippen LogP contribution in [-0.2, 0) is 6.54 Å². The molecule has 0 aliphatic heterocycles. The SMILES string of the molecule is C=C(C)CNCc1cc(F)ccc1C. The van der Waals surface area contributed by atoms with Crippen LogP contribution in [0.4, 0.5) is 4.39 Å². The van der Waals surface area contributed by atoms with Crippen molar-refractivity contribution in [2.24, 2.45) is 0 Å². The van der Waals surface area contributed by atoms with Gasteiger partial charge in [-0.1, -0.05) is 18.2 Å². The molecule has 0 aliphatic rings. The highest BCUT2D eigenvalue weighted by Gasteiger charge is 1.99. The minimum Gasteiger partial charge on any atom is -0.309 e. The Morgan fingerprint density at radius 1 is 1.50 bits per heavy atom. The first-order valence-corrected chi connectivity index (χ1v) is 4.69. The average molecular weight is 193 g/mol. The zero-order valence-electron chi connectivity index (χ0n) is 8.73. The molecule has 0 saturated heterocycles. The van der Waals surface area contributed by atoms with E-state index in [9.17, 15) is 4.39 Å². The first-order valence-electron chi connectivity index (χ1n) is 4.69. The summed E-state index contributed by atoms with van der Waals surface area (Å²) in [5, 5.41) is 3.20. The maximum Gasteiger partial charge on any atom is 0.123 e. The van der Waals surface area contributed by atoms with E-state index >= 15 is 0 Å². The van der Waals surface area contributed by atoms with Gasteiger partial charge in [0, 0.05) is 13.1 Å². The van der Waals surface area contributed by atoms with E-state index in [1.165, 1.54) is 6.07 Å².